The van der Waals surface area contributed by atoms with Gasteiger partial charge in [-0.1, -0.05) is 30.3 Å². The monoisotopic (exact) mass is 190 g/mol. The molecule has 1 heterocycles. The molecule has 0 bridgehead atoms. The minimum atomic E-state index is -0.779. The summed E-state index contributed by atoms with van der Waals surface area (Å²) >= 11 is 0. The van der Waals surface area contributed by atoms with Gasteiger partial charge in [0.1, 0.15) is 6.10 Å². The summed E-state index contributed by atoms with van der Waals surface area (Å²) in [6.07, 6.45) is 1.57. The number of benzene rings is 1. The summed E-state index contributed by atoms with van der Waals surface area (Å²) < 4.78 is 4.88. The van der Waals surface area contributed by atoms with Gasteiger partial charge < -0.3 is 9.84 Å². The Morgan fingerprint density at radius 1 is 1.29 bits per heavy atom. The highest BCUT2D eigenvalue weighted by atomic mass is 16.6. The van der Waals surface area contributed by atoms with Gasteiger partial charge in [0.25, 0.3) is 0 Å². The second-order valence-electron chi connectivity index (χ2n) is 3.12. The standard InChI is InChI=1S/C11H10O3/c12-10-7-6-9(14-10)11(13)8-4-2-1-3-5-8/h1-7,9,11,13H/t9?,11-/m0/s1. The molecule has 0 aromatic heterocycles. The lowest BCUT2D eigenvalue weighted by Gasteiger charge is -2.16. The van der Waals surface area contributed by atoms with Gasteiger partial charge in [-0.05, 0) is 11.6 Å². The average molecular weight is 190 g/mol. The molecule has 72 valence electrons. The van der Waals surface area contributed by atoms with E-state index in [4.69, 9.17) is 4.74 Å². The van der Waals surface area contributed by atoms with Gasteiger partial charge in [-0.2, -0.15) is 0 Å². The Morgan fingerprint density at radius 2 is 2.00 bits per heavy atom. The number of ether oxygens (including phenoxy) is 1. The van der Waals surface area contributed by atoms with Crippen LogP contribution in [0.3, 0.4) is 0 Å². The van der Waals surface area contributed by atoms with Crippen LogP contribution in [0.25, 0.3) is 0 Å². The van der Waals surface area contributed by atoms with Crippen LogP contribution in [0.2, 0.25) is 0 Å². The van der Waals surface area contributed by atoms with Crippen molar-refractivity contribution in [1.82, 2.24) is 0 Å². The fourth-order valence-corrected chi connectivity index (χ4v) is 1.40. The average Bonchev–Trinajstić information content (AvgIpc) is 2.65. The largest absolute Gasteiger partial charge is 0.452 e. The summed E-state index contributed by atoms with van der Waals surface area (Å²) in [6.45, 7) is 0. The van der Waals surface area contributed by atoms with Crippen LogP contribution in [0.15, 0.2) is 42.5 Å². The van der Waals surface area contributed by atoms with E-state index < -0.39 is 18.2 Å². The summed E-state index contributed by atoms with van der Waals surface area (Å²) in [5.74, 6) is -0.398. The zero-order valence-corrected chi connectivity index (χ0v) is 7.46. The molecular formula is C11H10O3. The first-order valence-electron chi connectivity index (χ1n) is 4.39. The highest BCUT2D eigenvalue weighted by Crippen LogP contribution is 2.22. The molecule has 0 radical (unpaired) electrons. The summed E-state index contributed by atoms with van der Waals surface area (Å²) in [4.78, 5) is 10.8. The number of cyclic esters (lactones) is 1. The molecule has 2 rings (SSSR count). The molecule has 0 spiro atoms. The molecule has 2 atom stereocenters. The molecular weight excluding hydrogens is 180 g/mol. The van der Waals surface area contributed by atoms with Crippen LogP contribution < -0.4 is 0 Å². The fraction of sp³-hybridized carbons (Fsp3) is 0.182. The van der Waals surface area contributed by atoms with Crippen LogP contribution in [0.5, 0.6) is 0 Å². The Labute approximate surface area is 81.6 Å². The zero-order valence-electron chi connectivity index (χ0n) is 7.46. The van der Waals surface area contributed by atoms with Gasteiger partial charge in [0.2, 0.25) is 0 Å². The molecule has 1 N–H and O–H groups in total. The predicted molar refractivity (Wildman–Crippen MR) is 50.4 cm³/mol. The summed E-state index contributed by atoms with van der Waals surface area (Å²) in [6, 6.07) is 9.13. The highest BCUT2D eigenvalue weighted by Gasteiger charge is 2.25. The van der Waals surface area contributed by atoms with Crippen LogP contribution in [-0.2, 0) is 9.53 Å². The molecule has 0 saturated carbocycles. The van der Waals surface area contributed by atoms with Gasteiger partial charge in [0, 0.05) is 6.08 Å². The minimum absolute atomic E-state index is 0.398. The van der Waals surface area contributed by atoms with Crippen molar-refractivity contribution >= 4 is 5.97 Å². The van der Waals surface area contributed by atoms with E-state index >= 15 is 0 Å². The van der Waals surface area contributed by atoms with Crippen molar-refractivity contribution in [2.75, 3.05) is 0 Å². The molecule has 1 aromatic carbocycles. The molecule has 14 heavy (non-hydrogen) atoms. The zero-order chi connectivity index (χ0) is 9.97. The molecule has 0 fully saturated rings. The third-order valence-corrected chi connectivity index (χ3v) is 2.13. The minimum Gasteiger partial charge on any atom is -0.452 e. The number of esters is 1. The van der Waals surface area contributed by atoms with E-state index in [1.807, 2.05) is 18.2 Å². The molecule has 1 aromatic rings. The number of aliphatic hydroxyl groups is 1. The van der Waals surface area contributed by atoms with Crippen molar-refractivity contribution < 1.29 is 14.6 Å². The Hall–Kier alpha value is -1.61. The van der Waals surface area contributed by atoms with Crippen molar-refractivity contribution in [2.24, 2.45) is 0 Å². The second-order valence-corrected chi connectivity index (χ2v) is 3.12. The first-order valence-corrected chi connectivity index (χ1v) is 4.39. The Bertz CT molecular complexity index is 356. The first kappa shape index (κ1) is 8.97. The van der Waals surface area contributed by atoms with Gasteiger partial charge in [0.05, 0.1) is 0 Å². The van der Waals surface area contributed by atoms with Gasteiger partial charge in [0.15, 0.2) is 6.10 Å². The molecule has 0 aliphatic carbocycles. The molecule has 0 amide bonds. The number of carbonyl (C=O) groups excluding carboxylic acids is 1. The molecule has 1 aliphatic rings. The maximum absolute atomic E-state index is 10.8. The molecule has 0 saturated heterocycles. The first-order chi connectivity index (χ1) is 6.77. The van der Waals surface area contributed by atoms with E-state index in [0.29, 0.717) is 0 Å². The van der Waals surface area contributed by atoms with Crippen LogP contribution >= 0.6 is 0 Å². The van der Waals surface area contributed by atoms with Crippen LogP contribution in [0, 0.1) is 0 Å². The van der Waals surface area contributed by atoms with E-state index in [1.165, 1.54) is 6.08 Å². The Morgan fingerprint density at radius 3 is 2.57 bits per heavy atom. The Kier molecular flexibility index (Phi) is 2.33. The predicted octanol–water partition coefficient (Wildman–Crippen LogP) is 1.20. The molecule has 3 heteroatoms. The van der Waals surface area contributed by atoms with Gasteiger partial charge >= 0.3 is 5.97 Å². The number of hydrogen-bond acceptors (Lipinski definition) is 3. The maximum Gasteiger partial charge on any atom is 0.331 e. The third-order valence-electron chi connectivity index (χ3n) is 2.13. The number of carbonyl (C=O) groups is 1. The smallest absolute Gasteiger partial charge is 0.331 e. The van der Waals surface area contributed by atoms with Gasteiger partial charge in [-0.3, -0.25) is 0 Å². The van der Waals surface area contributed by atoms with Crippen molar-refractivity contribution in [1.29, 1.82) is 0 Å². The van der Waals surface area contributed by atoms with Crippen molar-refractivity contribution in [3.63, 3.8) is 0 Å². The molecule has 1 unspecified atom stereocenters. The van der Waals surface area contributed by atoms with Crippen LogP contribution in [0.1, 0.15) is 11.7 Å². The summed E-state index contributed by atoms with van der Waals surface area (Å²) in [7, 11) is 0. The molecule has 3 nitrogen and oxygen atoms in total. The summed E-state index contributed by atoms with van der Waals surface area (Å²) in [5, 5.41) is 9.81. The van der Waals surface area contributed by atoms with Crippen molar-refractivity contribution in [3.05, 3.63) is 48.0 Å². The maximum atomic E-state index is 10.8. The quantitative estimate of drug-likeness (QED) is 0.713. The van der Waals surface area contributed by atoms with Gasteiger partial charge in [-0.15, -0.1) is 0 Å². The second kappa shape index (κ2) is 3.64. The Balaban J connectivity index is 2.13. The fourth-order valence-electron chi connectivity index (χ4n) is 1.40. The van der Waals surface area contributed by atoms with E-state index in [-0.39, 0.29) is 0 Å². The van der Waals surface area contributed by atoms with Crippen molar-refractivity contribution in [3.8, 4) is 0 Å². The lowest BCUT2D eigenvalue weighted by Crippen LogP contribution is -2.17. The molecule has 1 aliphatic heterocycles. The number of hydrogen-bond donors (Lipinski definition) is 1. The highest BCUT2D eigenvalue weighted by molar-refractivity contribution is 5.84. The van der Waals surface area contributed by atoms with Gasteiger partial charge in [-0.25, -0.2) is 4.79 Å². The van der Waals surface area contributed by atoms with Crippen molar-refractivity contribution in [2.45, 2.75) is 12.2 Å². The topological polar surface area (TPSA) is 46.5 Å². The van der Waals surface area contributed by atoms with Crippen LogP contribution in [-0.4, -0.2) is 17.2 Å². The number of aliphatic hydroxyl groups excluding tert-OH is 1. The lowest BCUT2D eigenvalue weighted by molar-refractivity contribution is -0.142. The normalized spacial score (nSPS) is 22.1. The lowest BCUT2D eigenvalue weighted by atomic mass is 10.1. The third kappa shape index (κ3) is 1.67. The van der Waals surface area contributed by atoms with E-state index in [9.17, 15) is 9.90 Å². The van der Waals surface area contributed by atoms with Crippen LogP contribution in [0.4, 0.5) is 0 Å². The SMILES string of the molecule is O=C1C=CC([C@@H](O)c2ccccc2)O1. The van der Waals surface area contributed by atoms with E-state index in [2.05, 4.69) is 0 Å². The number of rotatable bonds is 2. The van der Waals surface area contributed by atoms with E-state index in [1.54, 1.807) is 18.2 Å². The summed E-state index contributed by atoms with van der Waals surface area (Å²) in [5.41, 5.74) is 0.747. The van der Waals surface area contributed by atoms with E-state index in [0.717, 1.165) is 5.56 Å².